The maximum absolute atomic E-state index is 12.4. The summed E-state index contributed by atoms with van der Waals surface area (Å²) in [6.07, 6.45) is 0.945. The van der Waals surface area contributed by atoms with Gasteiger partial charge in [0.15, 0.2) is 22.3 Å². The number of ketones is 1. The Morgan fingerprint density at radius 2 is 1.70 bits per heavy atom. The van der Waals surface area contributed by atoms with Crippen LogP contribution in [0.15, 0.2) is 42.5 Å². The van der Waals surface area contributed by atoms with Gasteiger partial charge in [0.25, 0.3) is 0 Å². The molecule has 5 nitrogen and oxygen atoms in total. The van der Waals surface area contributed by atoms with Gasteiger partial charge in [-0.2, -0.15) is 0 Å². The number of halogens is 1. The van der Waals surface area contributed by atoms with Crippen molar-refractivity contribution in [2.45, 2.75) is 12.8 Å². The van der Waals surface area contributed by atoms with Crippen LogP contribution in [0.3, 0.4) is 0 Å². The molecule has 0 aliphatic rings. The minimum absolute atomic E-state index is 0. The van der Waals surface area contributed by atoms with Gasteiger partial charge in [0, 0.05) is 12.5 Å². The molecular weight excluding hydrogens is 316 g/mol. The average molecular weight is 333 g/mol. The summed E-state index contributed by atoms with van der Waals surface area (Å²) < 4.78 is 10.3. The Morgan fingerprint density at radius 1 is 1.09 bits per heavy atom. The topological polar surface area (TPSA) is 63.7 Å². The van der Waals surface area contributed by atoms with Crippen LogP contribution in [-0.4, -0.2) is 20.0 Å². The molecule has 0 unspecified atom stereocenters. The molecule has 120 valence electrons. The van der Waals surface area contributed by atoms with Gasteiger partial charge >= 0.3 is 5.69 Å². The van der Waals surface area contributed by atoms with E-state index in [1.54, 1.807) is 6.07 Å². The van der Waals surface area contributed by atoms with Crippen LogP contribution in [0.25, 0.3) is 4.98 Å². The predicted octanol–water partition coefficient (Wildman–Crippen LogP) is 1.01. The molecule has 0 atom stereocenters. The monoisotopic (exact) mass is 332 g/mol. The Hall–Kier alpha value is -2.58. The second-order valence-electron chi connectivity index (χ2n) is 4.73. The highest BCUT2D eigenvalue weighted by atomic mass is 35.5. The van der Waals surface area contributed by atoms with E-state index in [1.165, 1.54) is 20.3 Å². The highest BCUT2D eigenvalue weighted by Gasteiger charge is 2.24. The van der Waals surface area contributed by atoms with Crippen molar-refractivity contribution < 1.29 is 26.7 Å². The fourth-order valence-corrected chi connectivity index (χ4v) is 2.21. The SMILES string of the molecule is COc1cc([N+]#N)c(C(=O)CCc2ccccc2)cc1OC.[Cl-]. The first-order valence-corrected chi connectivity index (χ1v) is 6.87. The molecule has 0 saturated heterocycles. The Morgan fingerprint density at radius 3 is 2.26 bits per heavy atom. The number of hydrogen-bond donors (Lipinski definition) is 0. The van der Waals surface area contributed by atoms with Crippen molar-refractivity contribution in [2.24, 2.45) is 0 Å². The highest BCUT2D eigenvalue weighted by molar-refractivity contribution is 6.02. The number of hydrogen-bond acceptors (Lipinski definition) is 4. The lowest BCUT2D eigenvalue weighted by atomic mass is 10.0. The quantitative estimate of drug-likeness (QED) is 0.585. The van der Waals surface area contributed by atoms with Gasteiger partial charge in [-0.1, -0.05) is 30.3 Å². The van der Waals surface area contributed by atoms with E-state index in [4.69, 9.17) is 14.9 Å². The van der Waals surface area contributed by atoms with Gasteiger partial charge in [0.2, 0.25) is 5.39 Å². The summed E-state index contributed by atoms with van der Waals surface area (Å²) in [5.74, 6) is 0.727. The number of nitrogens with zero attached hydrogens (tertiary/aromatic N) is 2. The first kappa shape index (κ1) is 18.5. The van der Waals surface area contributed by atoms with E-state index < -0.39 is 0 Å². The van der Waals surface area contributed by atoms with Crippen LogP contribution in [0.4, 0.5) is 5.69 Å². The highest BCUT2D eigenvalue weighted by Crippen LogP contribution is 2.35. The second-order valence-corrected chi connectivity index (χ2v) is 4.73. The zero-order valence-electron chi connectivity index (χ0n) is 13.0. The van der Waals surface area contributed by atoms with Crippen LogP contribution in [0.1, 0.15) is 22.3 Å². The molecule has 0 aliphatic heterocycles. The molecule has 23 heavy (non-hydrogen) atoms. The maximum Gasteiger partial charge on any atom is 0.399 e. The molecule has 0 spiro atoms. The van der Waals surface area contributed by atoms with Crippen LogP contribution in [0, 0.1) is 5.39 Å². The number of Topliss-reactive ketones (excluding diaryl/α,β-unsaturated/α-hetero) is 1. The minimum atomic E-state index is -0.113. The lowest BCUT2D eigenvalue weighted by Crippen LogP contribution is -3.00. The third-order valence-corrected chi connectivity index (χ3v) is 3.39. The lowest BCUT2D eigenvalue weighted by molar-refractivity contribution is -0.0000131. The first-order chi connectivity index (χ1) is 10.7. The molecule has 0 heterocycles. The molecular formula is C17H17ClN2O3. The molecule has 0 radical (unpaired) electrons. The number of rotatable bonds is 6. The van der Waals surface area contributed by atoms with Crippen molar-refractivity contribution in [1.82, 2.24) is 0 Å². The van der Waals surface area contributed by atoms with Crippen LogP contribution >= 0.6 is 0 Å². The molecule has 2 aromatic carbocycles. The standard InChI is InChI=1S/C17H17N2O3.ClH/c1-21-16-10-13(14(19-18)11-17(16)22-2)15(20)9-8-12-6-4-3-5-7-12;/h3-7,10-11H,8-9H2,1-2H3;1H/q+1;/p-1. The van der Waals surface area contributed by atoms with E-state index in [0.717, 1.165) is 5.56 Å². The van der Waals surface area contributed by atoms with E-state index >= 15 is 0 Å². The van der Waals surface area contributed by atoms with Gasteiger partial charge in [0.1, 0.15) is 5.56 Å². The van der Waals surface area contributed by atoms with Crippen LogP contribution in [0.5, 0.6) is 11.5 Å². The van der Waals surface area contributed by atoms with Gasteiger partial charge in [-0.3, -0.25) is 4.79 Å². The zero-order valence-corrected chi connectivity index (χ0v) is 13.7. The summed E-state index contributed by atoms with van der Waals surface area (Å²) in [6.45, 7) is 0. The van der Waals surface area contributed by atoms with Crippen molar-refractivity contribution in [3.05, 3.63) is 58.6 Å². The van der Waals surface area contributed by atoms with Gasteiger partial charge < -0.3 is 21.9 Å². The summed E-state index contributed by atoms with van der Waals surface area (Å²) in [5.41, 5.74) is 1.57. The fourth-order valence-electron chi connectivity index (χ4n) is 2.21. The number of benzene rings is 2. The van der Waals surface area contributed by atoms with Gasteiger partial charge in [-0.25, -0.2) is 0 Å². The summed E-state index contributed by atoms with van der Waals surface area (Å²) in [6, 6.07) is 12.8. The maximum atomic E-state index is 12.4. The average Bonchev–Trinajstić information content (AvgIpc) is 2.59. The molecule has 0 N–H and O–H groups in total. The van der Waals surface area contributed by atoms with Crippen LogP contribution in [-0.2, 0) is 6.42 Å². The number of carbonyl (C=O) groups is 1. The molecule has 0 aliphatic carbocycles. The molecule has 0 amide bonds. The van der Waals surface area contributed by atoms with E-state index in [-0.39, 0.29) is 23.9 Å². The van der Waals surface area contributed by atoms with E-state index in [2.05, 4.69) is 4.98 Å². The number of carbonyl (C=O) groups excluding carboxylic acids is 1. The normalized spacial score (nSPS) is 9.43. The number of diazo groups is 1. The van der Waals surface area contributed by atoms with Crippen molar-refractivity contribution in [2.75, 3.05) is 14.2 Å². The summed E-state index contributed by atoms with van der Waals surface area (Å²) >= 11 is 0. The van der Waals surface area contributed by atoms with Crippen LogP contribution < -0.4 is 21.9 Å². The second kappa shape index (κ2) is 8.76. The lowest BCUT2D eigenvalue weighted by Gasteiger charge is -2.07. The van der Waals surface area contributed by atoms with Crippen molar-refractivity contribution in [3.63, 3.8) is 0 Å². The summed E-state index contributed by atoms with van der Waals surface area (Å²) in [7, 11) is 2.97. The van der Waals surface area contributed by atoms with Crippen molar-refractivity contribution in [1.29, 1.82) is 5.39 Å². The fraction of sp³-hybridized carbons (Fsp3) is 0.235. The molecule has 0 bridgehead atoms. The van der Waals surface area contributed by atoms with Gasteiger partial charge in [-0.15, -0.1) is 0 Å². The predicted molar refractivity (Wildman–Crippen MR) is 83.4 cm³/mol. The largest absolute Gasteiger partial charge is 1.00 e. The summed E-state index contributed by atoms with van der Waals surface area (Å²) in [4.78, 5) is 15.6. The van der Waals surface area contributed by atoms with E-state index in [9.17, 15) is 4.79 Å². The molecule has 0 saturated carbocycles. The number of aryl methyl sites for hydroxylation is 1. The first-order valence-electron chi connectivity index (χ1n) is 6.87. The minimum Gasteiger partial charge on any atom is -1.00 e. The summed E-state index contributed by atoms with van der Waals surface area (Å²) in [5, 5.41) is 9.11. The Kier molecular flexibility index (Phi) is 7.04. The van der Waals surface area contributed by atoms with Crippen molar-refractivity contribution >= 4 is 11.5 Å². The molecule has 6 heteroatoms. The molecule has 0 fully saturated rings. The Balaban J connectivity index is 0.00000264. The molecule has 2 aromatic rings. The zero-order chi connectivity index (χ0) is 15.9. The smallest absolute Gasteiger partial charge is 0.399 e. The third-order valence-electron chi connectivity index (χ3n) is 3.39. The van der Waals surface area contributed by atoms with Gasteiger partial charge in [-0.05, 0) is 12.0 Å². The van der Waals surface area contributed by atoms with Crippen molar-refractivity contribution in [3.8, 4) is 11.5 Å². The number of methoxy groups -OCH3 is 2. The van der Waals surface area contributed by atoms with E-state index in [1.807, 2.05) is 30.3 Å². The molecule has 0 aromatic heterocycles. The van der Waals surface area contributed by atoms with Gasteiger partial charge in [0.05, 0.1) is 20.3 Å². The molecule has 2 rings (SSSR count). The third kappa shape index (κ3) is 4.44. The van der Waals surface area contributed by atoms with E-state index in [0.29, 0.717) is 29.9 Å². The Labute approximate surface area is 141 Å². The van der Waals surface area contributed by atoms with Crippen LogP contribution in [0.2, 0.25) is 0 Å². The number of ether oxygens (including phenoxy) is 2. The Bertz CT molecular complexity index is 712.